The first-order valence-electron chi connectivity index (χ1n) is 6.59. The molecule has 130 valence electrons. The van der Waals surface area contributed by atoms with Crippen molar-refractivity contribution in [3.05, 3.63) is 17.6 Å². The summed E-state index contributed by atoms with van der Waals surface area (Å²) in [6.07, 6.45) is 1.20. The SMILES string of the molecule is O=C(Cn1cnnn1)N[C@H](C(=O)O)[C@@H]1NC(C(=O)O)=C(CO)CS1. The Balaban J connectivity index is 2.08. The second-order valence-corrected chi connectivity index (χ2v) is 5.84. The number of carboxylic acid groups (broad SMARTS) is 2. The molecule has 1 aliphatic rings. The maximum absolute atomic E-state index is 11.9. The zero-order valence-corrected chi connectivity index (χ0v) is 12.9. The van der Waals surface area contributed by atoms with Gasteiger partial charge >= 0.3 is 11.9 Å². The molecule has 2 heterocycles. The van der Waals surface area contributed by atoms with Crippen LogP contribution >= 0.6 is 11.8 Å². The summed E-state index contributed by atoms with van der Waals surface area (Å²) in [5, 5.41) is 41.7. The molecule has 2 atom stereocenters. The van der Waals surface area contributed by atoms with Crippen LogP contribution in [0.25, 0.3) is 0 Å². The van der Waals surface area contributed by atoms with Gasteiger partial charge in [-0.3, -0.25) is 4.79 Å². The number of aromatic nitrogens is 4. The van der Waals surface area contributed by atoms with Crippen LogP contribution in [0, 0.1) is 0 Å². The van der Waals surface area contributed by atoms with Gasteiger partial charge in [0.05, 0.1) is 6.61 Å². The van der Waals surface area contributed by atoms with Crippen LogP contribution < -0.4 is 10.6 Å². The van der Waals surface area contributed by atoms with E-state index in [1.165, 1.54) is 6.33 Å². The normalized spacial score (nSPS) is 18.6. The fraction of sp³-hybridized carbons (Fsp3) is 0.455. The number of carbonyl (C=O) groups excluding carboxylic acids is 1. The molecule has 5 N–H and O–H groups in total. The van der Waals surface area contributed by atoms with Crippen LogP contribution in [-0.2, 0) is 20.9 Å². The third-order valence-electron chi connectivity index (χ3n) is 3.06. The molecule has 0 aliphatic carbocycles. The maximum atomic E-state index is 11.9. The van der Waals surface area contributed by atoms with Crippen molar-refractivity contribution in [3.63, 3.8) is 0 Å². The monoisotopic (exact) mass is 358 g/mol. The standard InChI is InChI=1S/C11H14N6O6S/c18-2-5-3-24-9(14-7(5)10(20)21)8(11(22)23)13-6(19)1-17-4-12-15-16-17/h4,8-9,14,18H,1-3H2,(H,13,19)(H,20,21)(H,22,23)/t8-,9+/m0/s1. The van der Waals surface area contributed by atoms with Crippen molar-refractivity contribution < 1.29 is 29.7 Å². The van der Waals surface area contributed by atoms with Crippen LogP contribution in [0.15, 0.2) is 17.6 Å². The average Bonchev–Trinajstić information content (AvgIpc) is 3.04. The molecular formula is C11H14N6O6S. The summed E-state index contributed by atoms with van der Waals surface area (Å²) in [5.74, 6) is -3.16. The van der Waals surface area contributed by atoms with E-state index in [1.54, 1.807) is 0 Å². The van der Waals surface area contributed by atoms with Crippen molar-refractivity contribution >= 4 is 29.6 Å². The van der Waals surface area contributed by atoms with E-state index < -0.39 is 35.9 Å². The average molecular weight is 358 g/mol. The molecule has 24 heavy (non-hydrogen) atoms. The Labute approximate surface area is 138 Å². The van der Waals surface area contributed by atoms with Crippen LogP contribution in [0.5, 0.6) is 0 Å². The number of rotatable bonds is 7. The summed E-state index contributed by atoms with van der Waals surface area (Å²) < 4.78 is 1.11. The number of tetrazole rings is 1. The van der Waals surface area contributed by atoms with E-state index in [0.717, 1.165) is 16.4 Å². The quantitative estimate of drug-likeness (QED) is 0.340. The lowest BCUT2D eigenvalue weighted by atomic mass is 10.2. The number of aliphatic carboxylic acids is 2. The molecule has 12 nitrogen and oxygen atoms in total. The minimum atomic E-state index is -1.38. The minimum Gasteiger partial charge on any atom is -0.480 e. The molecule has 1 amide bonds. The van der Waals surface area contributed by atoms with Crippen molar-refractivity contribution in [3.8, 4) is 0 Å². The molecule has 0 radical (unpaired) electrons. The van der Waals surface area contributed by atoms with Crippen molar-refractivity contribution in [2.75, 3.05) is 12.4 Å². The number of aliphatic hydroxyl groups is 1. The highest BCUT2D eigenvalue weighted by atomic mass is 32.2. The van der Waals surface area contributed by atoms with Gasteiger partial charge in [-0.2, -0.15) is 0 Å². The molecule has 1 aliphatic heterocycles. The number of nitrogens with one attached hydrogen (secondary N) is 2. The lowest BCUT2D eigenvalue weighted by molar-refractivity contribution is -0.142. The number of amides is 1. The molecule has 1 aromatic heterocycles. The van der Waals surface area contributed by atoms with E-state index in [2.05, 4.69) is 26.2 Å². The molecule has 2 rings (SSSR count). The minimum absolute atomic E-state index is 0.127. The summed E-state index contributed by atoms with van der Waals surface area (Å²) in [5.41, 5.74) is -0.0184. The fourth-order valence-electron chi connectivity index (χ4n) is 1.95. The highest BCUT2D eigenvalue weighted by Crippen LogP contribution is 2.24. The number of thioether (sulfide) groups is 1. The summed E-state index contributed by atoms with van der Waals surface area (Å²) in [4.78, 5) is 34.5. The van der Waals surface area contributed by atoms with Crippen LogP contribution in [0.2, 0.25) is 0 Å². The number of carboxylic acids is 2. The van der Waals surface area contributed by atoms with Gasteiger partial charge in [0.15, 0.2) is 6.04 Å². The lowest BCUT2D eigenvalue weighted by Crippen LogP contribution is -2.55. The van der Waals surface area contributed by atoms with E-state index in [-0.39, 0.29) is 23.6 Å². The first-order valence-corrected chi connectivity index (χ1v) is 7.64. The van der Waals surface area contributed by atoms with Crippen molar-refractivity contribution in [2.45, 2.75) is 18.0 Å². The smallest absolute Gasteiger partial charge is 0.352 e. The Kier molecular flexibility index (Phi) is 5.70. The largest absolute Gasteiger partial charge is 0.480 e. The second kappa shape index (κ2) is 7.74. The summed E-state index contributed by atoms with van der Waals surface area (Å²) in [6.45, 7) is -0.741. The molecule has 1 aromatic rings. The van der Waals surface area contributed by atoms with E-state index in [0.29, 0.717) is 0 Å². The topological polar surface area (TPSA) is 180 Å². The summed E-state index contributed by atoms with van der Waals surface area (Å²) in [6, 6.07) is -1.38. The Morgan fingerprint density at radius 3 is 2.75 bits per heavy atom. The highest BCUT2D eigenvalue weighted by Gasteiger charge is 2.35. The molecular weight excluding hydrogens is 344 g/mol. The number of aliphatic hydroxyl groups excluding tert-OH is 1. The maximum Gasteiger partial charge on any atom is 0.352 e. The Bertz CT molecular complexity index is 662. The predicted octanol–water partition coefficient (Wildman–Crippen LogP) is -2.76. The fourth-order valence-corrected chi connectivity index (χ4v) is 3.15. The Hall–Kier alpha value is -2.67. The Morgan fingerprint density at radius 2 is 2.21 bits per heavy atom. The molecule has 0 saturated carbocycles. The van der Waals surface area contributed by atoms with E-state index in [1.807, 2.05) is 0 Å². The second-order valence-electron chi connectivity index (χ2n) is 4.71. The van der Waals surface area contributed by atoms with Crippen LogP contribution in [-0.4, -0.2) is 77.1 Å². The van der Waals surface area contributed by atoms with Crippen LogP contribution in [0.3, 0.4) is 0 Å². The lowest BCUT2D eigenvalue weighted by Gasteiger charge is -2.31. The predicted molar refractivity (Wildman–Crippen MR) is 78.5 cm³/mol. The highest BCUT2D eigenvalue weighted by molar-refractivity contribution is 8.00. The summed E-state index contributed by atoms with van der Waals surface area (Å²) in [7, 11) is 0. The van der Waals surface area contributed by atoms with Crippen LogP contribution in [0.4, 0.5) is 0 Å². The first-order chi connectivity index (χ1) is 11.4. The molecule has 0 bridgehead atoms. The molecule has 0 spiro atoms. The van der Waals surface area contributed by atoms with Crippen molar-refractivity contribution in [1.82, 2.24) is 30.8 Å². The van der Waals surface area contributed by atoms with Crippen molar-refractivity contribution in [2.24, 2.45) is 0 Å². The van der Waals surface area contributed by atoms with E-state index in [4.69, 9.17) is 10.2 Å². The van der Waals surface area contributed by atoms with Gasteiger partial charge in [0.2, 0.25) is 5.91 Å². The molecule has 0 fully saturated rings. The van der Waals surface area contributed by atoms with Gasteiger partial charge in [0.1, 0.15) is 23.9 Å². The van der Waals surface area contributed by atoms with Gasteiger partial charge in [-0.05, 0) is 16.0 Å². The van der Waals surface area contributed by atoms with E-state index >= 15 is 0 Å². The number of hydrogen-bond donors (Lipinski definition) is 5. The number of nitrogens with zero attached hydrogens (tertiary/aromatic N) is 4. The van der Waals surface area contributed by atoms with E-state index in [9.17, 15) is 19.5 Å². The van der Waals surface area contributed by atoms with Gasteiger partial charge in [-0.15, -0.1) is 16.9 Å². The number of carbonyl (C=O) groups is 3. The third-order valence-corrected chi connectivity index (χ3v) is 4.33. The zero-order chi connectivity index (χ0) is 17.7. The van der Waals surface area contributed by atoms with Crippen LogP contribution in [0.1, 0.15) is 0 Å². The van der Waals surface area contributed by atoms with Gasteiger partial charge < -0.3 is 26.0 Å². The molecule has 13 heteroatoms. The summed E-state index contributed by atoms with van der Waals surface area (Å²) >= 11 is 1.07. The molecule has 0 unspecified atom stereocenters. The number of hydrogen-bond acceptors (Lipinski definition) is 9. The molecule has 0 saturated heterocycles. The van der Waals surface area contributed by atoms with Gasteiger partial charge in [0.25, 0.3) is 0 Å². The molecule has 0 aromatic carbocycles. The van der Waals surface area contributed by atoms with Gasteiger partial charge in [-0.1, -0.05) is 0 Å². The van der Waals surface area contributed by atoms with Gasteiger partial charge in [0, 0.05) is 5.75 Å². The van der Waals surface area contributed by atoms with Crippen molar-refractivity contribution in [1.29, 1.82) is 0 Å². The zero-order valence-electron chi connectivity index (χ0n) is 12.1. The Morgan fingerprint density at radius 1 is 1.46 bits per heavy atom. The third kappa shape index (κ3) is 4.20. The first kappa shape index (κ1) is 17.7. The van der Waals surface area contributed by atoms with Gasteiger partial charge in [-0.25, -0.2) is 14.3 Å².